The fourth-order valence-corrected chi connectivity index (χ4v) is 4.14. The third kappa shape index (κ3) is 3.97. The van der Waals surface area contributed by atoms with Gasteiger partial charge in [0, 0.05) is 32.1 Å². The maximum absolute atomic E-state index is 13.2. The molecule has 0 spiro atoms. The summed E-state index contributed by atoms with van der Waals surface area (Å²) in [5, 5.41) is 0. The molecule has 31 heavy (non-hydrogen) atoms. The molecule has 0 fully saturated rings. The summed E-state index contributed by atoms with van der Waals surface area (Å²) in [6, 6.07) is 13.8. The minimum Gasteiger partial charge on any atom is -0.384 e. The van der Waals surface area contributed by atoms with E-state index in [9.17, 15) is 14.4 Å². The predicted molar refractivity (Wildman–Crippen MR) is 116 cm³/mol. The highest BCUT2D eigenvalue weighted by atomic mass is 16.5. The van der Waals surface area contributed by atoms with E-state index in [1.165, 1.54) is 7.11 Å². The van der Waals surface area contributed by atoms with Gasteiger partial charge >= 0.3 is 5.69 Å². The van der Waals surface area contributed by atoms with Crippen molar-refractivity contribution in [3.05, 3.63) is 86.3 Å². The maximum Gasteiger partial charge on any atom is 0.330 e. The lowest BCUT2D eigenvalue weighted by atomic mass is 9.99. The fourth-order valence-electron chi connectivity index (χ4n) is 4.14. The van der Waals surface area contributed by atoms with Gasteiger partial charge in [-0.05, 0) is 17.7 Å². The van der Waals surface area contributed by atoms with E-state index in [0.29, 0.717) is 6.54 Å². The van der Waals surface area contributed by atoms with Crippen molar-refractivity contribution >= 4 is 11.6 Å². The van der Waals surface area contributed by atoms with Gasteiger partial charge in [0.1, 0.15) is 11.4 Å². The highest BCUT2D eigenvalue weighted by Crippen LogP contribution is 2.32. The monoisotopic (exact) mass is 423 g/mol. The normalized spacial score (nSPS) is 16.2. The van der Waals surface area contributed by atoms with Crippen molar-refractivity contribution < 1.29 is 9.53 Å². The number of nitrogens with two attached hydrogens (primary N) is 1. The van der Waals surface area contributed by atoms with Gasteiger partial charge in [0.15, 0.2) is 5.78 Å². The molecule has 1 aromatic carbocycles. The minimum absolute atomic E-state index is 0.000499. The molecule has 3 aromatic rings. The average molecular weight is 423 g/mol. The second-order valence-corrected chi connectivity index (χ2v) is 7.50. The Balaban J connectivity index is 1.68. The van der Waals surface area contributed by atoms with Gasteiger partial charge in [0.05, 0.1) is 25.7 Å². The molecular formula is C22H25N5O4. The third-order valence-corrected chi connectivity index (χ3v) is 5.64. The van der Waals surface area contributed by atoms with Crippen molar-refractivity contribution in [1.29, 1.82) is 0 Å². The van der Waals surface area contributed by atoms with Gasteiger partial charge in [-0.3, -0.25) is 24.0 Å². The van der Waals surface area contributed by atoms with E-state index in [0.717, 1.165) is 22.4 Å². The fraction of sp³-hybridized carbons (Fsp3) is 0.318. The molecule has 1 atom stereocenters. The van der Waals surface area contributed by atoms with Gasteiger partial charge in [-0.1, -0.05) is 30.3 Å². The van der Waals surface area contributed by atoms with E-state index in [1.54, 1.807) is 0 Å². The summed E-state index contributed by atoms with van der Waals surface area (Å²) in [6.45, 7) is 1.73. The molecule has 1 aliphatic rings. The number of methoxy groups -OCH3 is 1. The number of H-pyrrole nitrogens is 1. The number of carbonyl (C=O) groups excluding carboxylic acids is 1. The van der Waals surface area contributed by atoms with Crippen LogP contribution in [0.5, 0.6) is 0 Å². The molecule has 1 unspecified atom stereocenters. The number of benzene rings is 1. The summed E-state index contributed by atoms with van der Waals surface area (Å²) in [5.41, 5.74) is 6.60. The standard InChI is InChI=1S/C22H25N5O4/c1-31-13-12-27-20(23)18(21(29)24-22(27)30)17(28)14-26-11-10-25-9-5-8-16(25)19(26)15-6-3-2-4-7-15/h2-9,19H,10-14,23H2,1H3,(H,24,29,30). The lowest BCUT2D eigenvalue weighted by Gasteiger charge is -2.37. The molecule has 3 heterocycles. The van der Waals surface area contributed by atoms with Crippen LogP contribution in [0, 0.1) is 0 Å². The first-order chi connectivity index (χ1) is 15.0. The highest BCUT2D eigenvalue weighted by molar-refractivity contribution is 6.01. The molecule has 0 saturated heterocycles. The zero-order chi connectivity index (χ0) is 22.0. The third-order valence-electron chi connectivity index (χ3n) is 5.64. The van der Waals surface area contributed by atoms with Gasteiger partial charge in [-0.2, -0.15) is 0 Å². The Morgan fingerprint density at radius 3 is 2.68 bits per heavy atom. The number of rotatable bonds is 7. The Morgan fingerprint density at radius 2 is 1.94 bits per heavy atom. The number of nitrogen functional groups attached to an aromatic ring is 1. The van der Waals surface area contributed by atoms with Gasteiger partial charge in [-0.15, -0.1) is 0 Å². The SMILES string of the molecule is COCCn1c(N)c(C(=O)CN2CCn3cccc3C2c2ccccc2)c(=O)[nH]c1=O. The van der Waals surface area contributed by atoms with Crippen LogP contribution in [-0.2, 0) is 17.8 Å². The molecule has 162 valence electrons. The highest BCUT2D eigenvalue weighted by Gasteiger charge is 2.31. The number of anilines is 1. The average Bonchev–Trinajstić information content (AvgIpc) is 3.22. The Hall–Kier alpha value is -3.43. The largest absolute Gasteiger partial charge is 0.384 e. The molecule has 9 heteroatoms. The lowest BCUT2D eigenvalue weighted by Crippen LogP contribution is -2.43. The molecule has 1 aliphatic heterocycles. The van der Waals surface area contributed by atoms with Crippen LogP contribution in [0.1, 0.15) is 27.7 Å². The summed E-state index contributed by atoms with van der Waals surface area (Å²) in [5.74, 6) is -0.557. The van der Waals surface area contributed by atoms with E-state index >= 15 is 0 Å². The summed E-state index contributed by atoms with van der Waals surface area (Å²) in [6.07, 6.45) is 2.03. The molecule has 0 aliphatic carbocycles. The molecule has 0 amide bonds. The molecule has 3 N–H and O–H groups in total. The number of nitrogens with one attached hydrogen (secondary N) is 1. The number of aromatic nitrogens is 3. The number of fused-ring (bicyclic) bond motifs is 1. The van der Waals surface area contributed by atoms with Crippen LogP contribution in [0.4, 0.5) is 5.82 Å². The van der Waals surface area contributed by atoms with Crippen LogP contribution < -0.4 is 17.0 Å². The van der Waals surface area contributed by atoms with Crippen LogP contribution in [0.25, 0.3) is 0 Å². The number of ether oxygens (including phenoxy) is 1. The van der Waals surface area contributed by atoms with Crippen LogP contribution in [-0.4, -0.2) is 51.6 Å². The van der Waals surface area contributed by atoms with E-state index in [4.69, 9.17) is 10.5 Å². The number of hydrogen-bond acceptors (Lipinski definition) is 6. The molecule has 4 rings (SSSR count). The van der Waals surface area contributed by atoms with Crippen LogP contribution in [0.3, 0.4) is 0 Å². The second kappa shape index (κ2) is 8.75. The smallest absolute Gasteiger partial charge is 0.330 e. The van der Waals surface area contributed by atoms with E-state index in [1.807, 2.05) is 53.6 Å². The molecule has 9 nitrogen and oxygen atoms in total. The van der Waals surface area contributed by atoms with Crippen molar-refractivity contribution in [3.8, 4) is 0 Å². The Bertz CT molecular complexity index is 1190. The first kappa shape index (κ1) is 20.8. The lowest BCUT2D eigenvalue weighted by molar-refractivity contribution is 0.0880. The summed E-state index contributed by atoms with van der Waals surface area (Å²) < 4.78 is 8.33. The first-order valence-corrected chi connectivity index (χ1v) is 10.1. The Morgan fingerprint density at radius 1 is 1.16 bits per heavy atom. The van der Waals surface area contributed by atoms with Crippen molar-refractivity contribution in [2.75, 3.05) is 32.5 Å². The van der Waals surface area contributed by atoms with Crippen molar-refractivity contribution in [3.63, 3.8) is 0 Å². The van der Waals surface area contributed by atoms with Gasteiger partial charge in [0.2, 0.25) is 0 Å². The van der Waals surface area contributed by atoms with Crippen LogP contribution in [0.2, 0.25) is 0 Å². The van der Waals surface area contributed by atoms with Gasteiger partial charge in [-0.25, -0.2) is 4.79 Å². The molecule has 2 aromatic heterocycles. The number of carbonyl (C=O) groups is 1. The topological polar surface area (TPSA) is 115 Å². The molecule has 0 radical (unpaired) electrons. The number of aromatic amines is 1. The summed E-state index contributed by atoms with van der Waals surface area (Å²) >= 11 is 0. The van der Waals surface area contributed by atoms with Gasteiger partial charge < -0.3 is 15.0 Å². The summed E-state index contributed by atoms with van der Waals surface area (Å²) in [7, 11) is 1.49. The predicted octanol–water partition coefficient (Wildman–Crippen LogP) is 0.855. The Labute approximate surface area is 178 Å². The number of nitrogens with zero attached hydrogens (tertiary/aromatic N) is 3. The second-order valence-electron chi connectivity index (χ2n) is 7.50. The molecule has 0 saturated carbocycles. The van der Waals surface area contributed by atoms with Crippen molar-refractivity contribution in [2.24, 2.45) is 0 Å². The van der Waals surface area contributed by atoms with Crippen LogP contribution >= 0.6 is 0 Å². The van der Waals surface area contributed by atoms with E-state index in [-0.39, 0.29) is 37.1 Å². The summed E-state index contributed by atoms with van der Waals surface area (Å²) in [4.78, 5) is 42.0. The van der Waals surface area contributed by atoms with Gasteiger partial charge in [0.25, 0.3) is 5.56 Å². The molecular weight excluding hydrogens is 398 g/mol. The van der Waals surface area contributed by atoms with Crippen molar-refractivity contribution in [2.45, 2.75) is 19.1 Å². The first-order valence-electron chi connectivity index (χ1n) is 10.1. The maximum atomic E-state index is 13.2. The zero-order valence-electron chi connectivity index (χ0n) is 17.3. The zero-order valence-corrected chi connectivity index (χ0v) is 17.3. The van der Waals surface area contributed by atoms with E-state index < -0.39 is 17.0 Å². The number of Topliss-reactive ketones (excluding diaryl/α,β-unsaturated/α-hetero) is 1. The Kier molecular flexibility index (Phi) is 5.88. The van der Waals surface area contributed by atoms with E-state index in [2.05, 4.69) is 9.55 Å². The van der Waals surface area contributed by atoms with Crippen molar-refractivity contribution in [1.82, 2.24) is 19.0 Å². The van der Waals surface area contributed by atoms with Crippen LogP contribution in [0.15, 0.2) is 58.3 Å². The quantitative estimate of drug-likeness (QED) is 0.545. The number of ketones is 1. The number of hydrogen-bond donors (Lipinski definition) is 2. The minimum atomic E-state index is -0.766. The molecule has 0 bridgehead atoms.